The van der Waals surface area contributed by atoms with Crippen molar-refractivity contribution in [3.8, 4) is 0 Å². The van der Waals surface area contributed by atoms with Crippen molar-refractivity contribution in [3.63, 3.8) is 0 Å². The van der Waals surface area contributed by atoms with Gasteiger partial charge in [0, 0.05) is 11.8 Å². The lowest BCUT2D eigenvalue weighted by Crippen LogP contribution is -2.23. The summed E-state index contributed by atoms with van der Waals surface area (Å²) >= 11 is 0. The maximum absolute atomic E-state index is 12.7. The van der Waals surface area contributed by atoms with Crippen molar-refractivity contribution in [1.82, 2.24) is 19.7 Å². The first-order valence-electron chi connectivity index (χ1n) is 8.86. The van der Waals surface area contributed by atoms with Crippen LogP contribution in [0, 0.1) is 13.8 Å². The molecule has 2 aromatic heterocycles. The van der Waals surface area contributed by atoms with E-state index in [4.69, 9.17) is 0 Å². The average molecular weight is 347 g/mol. The van der Waals surface area contributed by atoms with Crippen molar-refractivity contribution in [2.45, 2.75) is 39.2 Å². The third kappa shape index (κ3) is 2.98. The molecule has 4 rings (SSSR count). The number of nitrogens with zero attached hydrogens (tertiary/aromatic N) is 4. The first-order valence-corrected chi connectivity index (χ1v) is 8.86. The molecule has 2 heterocycles. The van der Waals surface area contributed by atoms with Gasteiger partial charge in [0.2, 0.25) is 0 Å². The largest absolute Gasteiger partial charge is 0.305 e. The van der Waals surface area contributed by atoms with E-state index in [1.54, 1.807) is 25.4 Å². The first kappa shape index (κ1) is 16.4. The lowest BCUT2D eigenvalue weighted by atomic mass is 9.88. The number of hydrogen-bond acceptors (Lipinski definition) is 4. The number of hydrogen-bond donors (Lipinski definition) is 1. The molecule has 0 aliphatic heterocycles. The molecule has 6 heteroatoms. The van der Waals surface area contributed by atoms with Crippen LogP contribution >= 0.6 is 0 Å². The molecule has 1 amide bonds. The highest BCUT2D eigenvalue weighted by atomic mass is 16.2. The molecule has 1 aliphatic carbocycles. The van der Waals surface area contributed by atoms with Gasteiger partial charge in [0.05, 0.1) is 12.2 Å². The molecule has 0 saturated heterocycles. The number of rotatable bonds is 3. The van der Waals surface area contributed by atoms with Crippen LogP contribution in [0.2, 0.25) is 0 Å². The van der Waals surface area contributed by atoms with Crippen LogP contribution < -0.4 is 5.32 Å². The molecule has 0 radical (unpaired) electrons. The summed E-state index contributed by atoms with van der Waals surface area (Å²) in [5, 5.41) is 7.57. The topological polar surface area (TPSA) is 72.7 Å². The van der Waals surface area contributed by atoms with Crippen molar-refractivity contribution < 1.29 is 4.79 Å². The van der Waals surface area contributed by atoms with E-state index in [1.807, 2.05) is 11.6 Å². The van der Waals surface area contributed by atoms with Crippen LogP contribution in [0.3, 0.4) is 0 Å². The van der Waals surface area contributed by atoms with Crippen LogP contribution in [0.1, 0.15) is 51.9 Å². The third-order valence-corrected chi connectivity index (χ3v) is 4.85. The Hall–Kier alpha value is -3.02. The standard InChI is InChI=1S/C20H21N5O/c1-13-12-22-25(18-9-5-7-15-6-3-4-8-16(15)18)19(13)24-20(26)17-10-11-21-14(2)23-17/h3-4,6,8,10-12,18H,5,7,9H2,1-2H3,(H,24,26)/t18-/m1/s1. The van der Waals surface area contributed by atoms with Gasteiger partial charge in [0.15, 0.2) is 0 Å². The van der Waals surface area contributed by atoms with Gasteiger partial charge in [-0.1, -0.05) is 24.3 Å². The number of aromatic nitrogens is 4. The van der Waals surface area contributed by atoms with Crippen molar-refractivity contribution >= 4 is 11.7 Å². The Balaban J connectivity index is 1.68. The quantitative estimate of drug-likeness (QED) is 0.787. The molecule has 1 atom stereocenters. The molecule has 0 bridgehead atoms. The Bertz CT molecular complexity index is 962. The van der Waals surface area contributed by atoms with Gasteiger partial charge in [-0.25, -0.2) is 14.6 Å². The van der Waals surface area contributed by atoms with Crippen molar-refractivity contribution in [2.75, 3.05) is 5.32 Å². The highest BCUT2D eigenvalue weighted by Gasteiger charge is 2.25. The fourth-order valence-electron chi connectivity index (χ4n) is 3.58. The molecule has 26 heavy (non-hydrogen) atoms. The van der Waals surface area contributed by atoms with E-state index in [-0.39, 0.29) is 11.9 Å². The van der Waals surface area contributed by atoms with E-state index in [9.17, 15) is 4.79 Å². The predicted octanol–water partition coefficient (Wildman–Crippen LogP) is 3.47. The molecule has 132 valence electrons. The molecule has 1 N–H and O–H groups in total. The Morgan fingerprint density at radius 1 is 1.23 bits per heavy atom. The number of benzene rings is 1. The minimum atomic E-state index is -0.246. The normalized spacial score (nSPS) is 16.2. The second-order valence-electron chi connectivity index (χ2n) is 6.67. The Morgan fingerprint density at radius 2 is 2.08 bits per heavy atom. The van der Waals surface area contributed by atoms with Gasteiger partial charge in [-0.05, 0) is 50.3 Å². The van der Waals surface area contributed by atoms with Gasteiger partial charge in [-0.2, -0.15) is 5.10 Å². The maximum Gasteiger partial charge on any atom is 0.275 e. The number of fused-ring (bicyclic) bond motifs is 1. The zero-order chi connectivity index (χ0) is 18.1. The fraction of sp³-hybridized carbons (Fsp3) is 0.300. The van der Waals surface area contributed by atoms with Crippen LogP contribution in [0.15, 0.2) is 42.7 Å². The van der Waals surface area contributed by atoms with Crippen molar-refractivity contribution in [1.29, 1.82) is 0 Å². The first-order chi connectivity index (χ1) is 12.6. The number of aryl methyl sites for hydroxylation is 3. The lowest BCUT2D eigenvalue weighted by Gasteiger charge is -2.27. The van der Waals surface area contributed by atoms with Gasteiger partial charge in [-0.15, -0.1) is 0 Å². The minimum absolute atomic E-state index is 0.135. The Labute approximate surface area is 152 Å². The van der Waals surface area contributed by atoms with E-state index in [1.165, 1.54) is 11.1 Å². The molecule has 0 saturated carbocycles. The molecule has 1 aliphatic rings. The van der Waals surface area contributed by atoms with Crippen LogP contribution in [0.5, 0.6) is 0 Å². The van der Waals surface area contributed by atoms with Gasteiger partial charge in [0.1, 0.15) is 17.3 Å². The predicted molar refractivity (Wildman–Crippen MR) is 99.2 cm³/mol. The van der Waals surface area contributed by atoms with Crippen LogP contribution in [-0.4, -0.2) is 25.7 Å². The van der Waals surface area contributed by atoms with Crippen LogP contribution in [-0.2, 0) is 6.42 Å². The molecular weight excluding hydrogens is 326 g/mol. The summed E-state index contributed by atoms with van der Waals surface area (Å²) in [5.41, 5.74) is 3.94. The number of amides is 1. The number of carbonyl (C=O) groups excluding carboxylic acids is 1. The summed E-state index contributed by atoms with van der Waals surface area (Å²) in [6.07, 6.45) is 6.61. The molecule has 0 spiro atoms. The van der Waals surface area contributed by atoms with Gasteiger partial charge in [-0.3, -0.25) is 4.79 Å². The third-order valence-electron chi connectivity index (χ3n) is 4.85. The SMILES string of the molecule is Cc1nccc(C(=O)Nc2c(C)cnn2[C@@H]2CCCc3ccccc32)n1. The smallest absolute Gasteiger partial charge is 0.275 e. The van der Waals surface area contributed by atoms with Gasteiger partial charge >= 0.3 is 0 Å². The number of anilines is 1. The summed E-state index contributed by atoms with van der Waals surface area (Å²) < 4.78 is 1.94. The van der Waals surface area contributed by atoms with Crippen molar-refractivity contribution in [2.24, 2.45) is 0 Å². The summed E-state index contributed by atoms with van der Waals surface area (Å²) in [6, 6.07) is 10.2. The fourth-order valence-corrected chi connectivity index (χ4v) is 3.58. The van der Waals surface area contributed by atoms with E-state index in [2.05, 4.69) is 44.6 Å². The number of carbonyl (C=O) groups is 1. The summed E-state index contributed by atoms with van der Waals surface area (Å²) in [6.45, 7) is 3.73. The second-order valence-corrected chi connectivity index (χ2v) is 6.67. The average Bonchev–Trinajstić information content (AvgIpc) is 3.01. The summed E-state index contributed by atoms with van der Waals surface area (Å²) in [7, 11) is 0. The Kier molecular flexibility index (Phi) is 4.24. The molecule has 1 aromatic carbocycles. The zero-order valence-electron chi connectivity index (χ0n) is 14.9. The highest BCUT2D eigenvalue weighted by Crippen LogP contribution is 2.35. The molecule has 3 aromatic rings. The van der Waals surface area contributed by atoms with Gasteiger partial charge in [0.25, 0.3) is 5.91 Å². The summed E-state index contributed by atoms with van der Waals surface area (Å²) in [5.74, 6) is 1.06. The zero-order valence-corrected chi connectivity index (χ0v) is 14.9. The van der Waals surface area contributed by atoms with E-state index in [0.717, 1.165) is 30.6 Å². The van der Waals surface area contributed by atoms with E-state index in [0.29, 0.717) is 11.5 Å². The molecule has 6 nitrogen and oxygen atoms in total. The monoisotopic (exact) mass is 347 g/mol. The van der Waals surface area contributed by atoms with Gasteiger partial charge < -0.3 is 5.32 Å². The highest BCUT2D eigenvalue weighted by molar-refractivity contribution is 6.02. The summed E-state index contributed by atoms with van der Waals surface area (Å²) in [4.78, 5) is 20.9. The maximum atomic E-state index is 12.7. The minimum Gasteiger partial charge on any atom is -0.305 e. The molecular formula is C20H21N5O. The molecule has 0 fully saturated rings. The van der Waals surface area contributed by atoms with E-state index < -0.39 is 0 Å². The Morgan fingerprint density at radius 3 is 2.92 bits per heavy atom. The van der Waals surface area contributed by atoms with Crippen LogP contribution in [0.25, 0.3) is 0 Å². The number of nitrogens with one attached hydrogen (secondary N) is 1. The van der Waals surface area contributed by atoms with Crippen molar-refractivity contribution in [3.05, 3.63) is 70.9 Å². The second kappa shape index (κ2) is 6.71. The van der Waals surface area contributed by atoms with Crippen LogP contribution in [0.4, 0.5) is 5.82 Å². The molecule has 0 unspecified atom stereocenters. The lowest BCUT2D eigenvalue weighted by molar-refractivity contribution is 0.102. The van der Waals surface area contributed by atoms with E-state index >= 15 is 0 Å².